The van der Waals surface area contributed by atoms with Crippen LogP contribution in [0.15, 0.2) is 24.3 Å². The lowest BCUT2D eigenvalue weighted by molar-refractivity contribution is -0.169. The number of amides is 2. The normalized spacial score (nSPS) is 26.8. The molecule has 2 aliphatic rings. The maximum atomic E-state index is 12.0. The summed E-state index contributed by atoms with van der Waals surface area (Å²) in [5.74, 6) is -0.452. The lowest BCUT2D eigenvalue weighted by Crippen LogP contribution is -2.51. The van der Waals surface area contributed by atoms with Crippen molar-refractivity contribution in [1.29, 1.82) is 0 Å². The average molecular weight is 246 g/mol. The van der Waals surface area contributed by atoms with Crippen LogP contribution in [0, 0.1) is 0 Å². The number of ether oxygens (including phenoxy) is 1. The zero-order chi connectivity index (χ0) is 12.7. The van der Waals surface area contributed by atoms with Gasteiger partial charge in [0.1, 0.15) is 12.2 Å². The van der Waals surface area contributed by atoms with Gasteiger partial charge in [-0.15, -0.1) is 0 Å². The smallest absolute Gasteiger partial charge is 0.258 e. The number of carbonyl (C=O) groups excluding carboxylic acids is 2. The van der Waals surface area contributed by atoms with Gasteiger partial charge in [0, 0.05) is 5.69 Å². The second kappa shape index (κ2) is 4.10. The van der Waals surface area contributed by atoms with Crippen molar-refractivity contribution in [2.24, 2.45) is 0 Å². The van der Waals surface area contributed by atoms with Gasteiger partial charge in [0.05, 0.1) is 6.54 Å². The van der Waals surface area contributed by atoms with E-state index in [0.717, 1.165) is 5.56 Å². The first-order valence-corrected chi connectivity index (χ1v) is 6.00. The Morgan fingerprint density at radius 1 is 1.22 bits per heavy atom. The molecule has 94 valence electrons. The van der Waals surface area contributed by atoms with Crippen molar-refractivity contribution in [2.45, 2.75) is 31.6 Å². The predicted molar refractivity (Wildman–Crippen MR) is 64.3 cm³/mol. The minimum atomic E-state index is -0.436. The molecule has 2 N–H and O–H groups in total. The second-order valence-corrected chi connectivity index (χ2v) is 4.70. The van der Waals surface area contributed by atoms with Gasteiger partial charge in [-0.25, -0.2) is 0 Å². The van der Waals surface area contributed by atoms with Gasteiger partial charge in [0.2, 0.25) is 0 Å². The Labute approximate surface area is 105 Å². The number of morpholine rings is 1. The summed E-state index contributed by atoms with van der Waals surface area (Å²) in [4.78, 5) is 25.4. The summed E-state index contributed by atoms with van der Waals surface area (Å²) in [6.07, 6.45) is 0.410. The highest BCUT2D eigenvalue weighted by molar-refractivity contribution is 6.02. The van der Waals surface area contributed by atoms with Crippen LogP contribution < -0.4 is 5.73 Å². The van der Waals surface area contributed by atoms with Crippen molar-refractivity contribution in [3.63, 3.8) is 0 Å². The van der Waals surface area contributed by atoms with E-state index in [1.54, 1.807) is 12.1 Å². The summed E-state index contributed by atoms with van der Waals surface area (Å²) in [6, 6.07) is 7.22. The number of likely N-dealkylation sites (tertiary alicyclic amines) is 1. The molecule has 18 heavy (non-hydrogen) atoms. The number of nitrogens with two attached hydrogens (primary N) is 1. The molecule has 1 aromatic carbocycles. The molecule has 5 heteroatoms. The number of benzene rings is 1. The van der Waals surface area contributed by atoms with Crippen molar-refractivity contribution in [3.05, 3.63) is 29.8 Å². The number of hydrogen-bond acceptors (Lipinski definition) is 4. The topological polar surface area (TPSA) is 72.6 Å². The van der Waals surface area contributed by atoms with E-state index in [9.17, 15) is 9.59 Å². The Balaban J connectivity index is 1.83. The summed E-state index contributed by atoms with van der Waals surface area (Å²) < 4.78 is 5.35. The van der Waals surface area contributed by atoms with Crippen molar-refractivity contribution in [2.75, 3.05) is 5.73 Å². The zero-order valence-electron chi connectivity index (χ0n) is 9.83. The van der Waals surface area contributed by atoms with Gasteiger partial charge in [-0.2, -0.15) is 0 Å². The van der Waals surface area contributed by atoms with Crippen LogP contribution in [0.5, 0.6) is 0 Å². The molecule has 2 saturated heterocycles. The summed E-state index contributed by atoms with van der Waals surface area (Å²) >= 11 is 0. The van der Waals surface area contributed by atoms with Crippen molar-refractivity contribution in [1.82, 2.24) is 4.90 Å². The number of nitrogens with zero attached hydrogens (tertiary/aromatic N) is 1. The van der Waals surface area contributed by atoms with E-state index in [4.69, 9.17) is 10.5 Å². The minimum Gasteiger partial charge on any atom is -0.399 e. The van der Waals surface area contributed by atoms with Crippen LogP contribution in [-0.4, -0.2) is 28.9 Å². The number of imide groups is 1. The molecule has 2 unspecified atom stereocenters. The lowest BCUT2D eigenvalue weighted by atomic mass is 10.1. The molecule has 0 aromatic heterocycles. The Kier molecular flexibility index (Phi) is 2.56. The molecular weight excluding hydrogens is 232 g/mol. The molecule has 0 radical (unpaired) electrons. The average Bonchev–Trinajstić information content (AvgIpc) is 2.79. The molecule has 2 aliphatic heterocycles. The Morgan fingerprint density at radius 2 is 1.89 bits per heavy atom. The van der Waals surface area contributed by atoms with Crippen molar-refractivity contribution < 1.29 is 14.3 Å². The highest BCUT2D eigenvalue weighted by Crippen LogP contribution is 2.29. The SMILES string of the molecule is Nc1cccc(CN2C(=O)C3CCC(O3)C2=O)c1. The maximum absolute atomic E-state index is 12.0. The third-order valence-corrected chi connectivity index (χ3v) is 3.39. The van der Waals surface area contributed by atoms with Crippen molar-refractivity contribution >= 4 is 17.5 Å². The highest BCUT2D eigenvalue weighted by Gasteiger charge is 2.46. The van der Waals surface area contributed by atoms with E-state index in [-0.39, 0.29) is 18.4 Å². The lowest BCUT2D eigenvalue weighted by Gasteiger charge is -2.29. The largest absolute Gasteiger partial charge is 0.399 e. The molecule has 3 rings (SSSR count). The fourth-order valence-electron chi connectivity index (χ4n) is 2.49. The molecule has 2 fully saturated rings. The Morgan fingerprint density at radius 3 is 2.50 bits per heavy atom. The molecule has 0 spiro atoms. The minimum absolute atomic E-state index is 0.226. The standard InChI is InChI=1S/C13H14N2O3/c14-9-3-1-2-8(6-9)7-15-12(16)10-4-5-11(18-10)13(15)17/h1-3,6,10-11H,4-5,7,14H2. The summed E-state index contributed by atoms with van der Waals surface area (Å²) in [5.41, 5.74) is 7.17. The fourth-order valence-corrected chi connectivity index (χ4v) is 2.49. The van der Waals surface area contributed by atoms with Crippen LogP contribution in [0.2, 0.25) is 0 Å². The molecule has 1 aromatic rings. The van der Waals surface area contributed by atoms with Crippen LogP contribution in [-0.2, 0) is 20.9 Å². The third-order valence-electron chi connectivity index (χ3n) is 3.39. The molecule has 5 nitrogen and oxygen atoms in total. The van der Waals surface area contributed by atoms with E-state index in [0.29, 0.717) is 18.5 Å². The van der Waals surface area contributed by atoms with Gasteiger partial charge in [-0.3, -0.25) is 14.5 Å². The van der Waals surface area contributed by atoms with E-state index >= 15 is 0 Å². The van der Waals surface area contributed by atoms with Gasteiger partial charge in [0.15, 0.2) is 0 Å². The van der Waals surface area contributed by atoms with E-state index < -0.39 is 12.2 Å². The molecule has 2 amide bonds. The fraction of sp³-hybridized carbons (Fsp3) is 0.385. The van der Waals surface area contributed by atoms with Crippen LogP contribution in [0.3, 0.4) is 0 Å². The van der Waals surface area contributed by atoms with E-state index in [2.05, 4.69) is 0 Å². The number of rotatable bonds is 2. The Hall–Kier alpha value is -1.88. The molecule has 2 atom stereocenters. The van der Waals surface area contributed by atoms with Crippen LogP contribution >= 0.6 is 0 Å². The van der Waals surface area contributed by atoms with Crippen LogP contribution in [0.1, 0.15) is 18.4 Å². The number of carbonyl (C=O) groups is 2. The second-order valence-electron chi connectivity index (χ2n) is 4.70. The number of nitrogen functional groups attached to an aromatic ring is 1. The first-order valence-electron chi connectivity index (χ1n) is 6.00. The van der Waals surface area contributed by atoms with Gasteiger partial charge in [-0.05, 0) is 30.5 Å². The van der Waals surface area contributed by atoms with Gasteiger partial charge in [0.25, 0.3) is 11.8 Å². The first-order chi connectivity index (χ1) is 8.65. The molecule has 0 saturated carbocycles. The molecular formula is C13H14N2O3. The highest BCUT2D eigenvalue weighted by atomic mass is 16.5. The van der Waals surface area contributed by atoms with Crippen molar-refractivity contribution in [3.8, 4) is 0 Å². The quantitative estimate of drug-likeness (QED) is 0.615. The number of anilines is 1. The van der Waals surface area contributed by atoms with Crippen LogP contribution in [0.25, 0.3) is 0 Å². The zero-order valence-corrected chi connectivity index (χ0v) is 9.83. The summed E-state index contributed by atoms with van der Waals surface area (Å²) in [5, 5.41) is 0. The summed E-state index contributed by atoms with van der Waals surface area (Å²) in [6.45, 7) is 0.277. The Bertz CT molecular complexity index is 493. The summed E-state index contributed by atoms with van der Waals surface area (Å²) in [7, 11) is 0. The maximum Gasteiger partial charge on any atom is 0.258 e. The molecule has 2 bridgehead atoms. The first kappa shape index (κ1) is 11.2. The van der Waals surface area contributed by atoms with Gasteiger partial charge in [-0.1, -0.05) is 12.1 Å². The van der Waals surface area contributed by atoms with Gasteiger partial charge >= 0.3 is 0 Å². The van der Waals surface area contributed by atoms with Gasteiger partial charge < -0.3 is 10.5 Å². The van der Waals surface area contributed by atoms with E-state index in [1.807, 2.05) is 12.1 Å². The van der Waals surface area contributed by atoms with E-state index in [1.165, 1.54) is 4.90 Å². The van der Waals surface area contributed by atoms with Crippen LogP contribution in [0.4, 0.5) is 5.69 Å². The molecule has 2 heterocycles. The predicted octanol–water partition coefficient (Wildman–Crippen LogP) is 0.685. The number of hydrogen-bond donors (Lipinski definition) is 1. The number of fused-ring (bicyclic) bond motifs is 2. The third kappa shape index (κ3) is 1.76. The molecule has 0 aliphatic carbocycles. The monoisotopic (exact) mass is 246 g/mol.